The van der Waals surface area contributed by atoms with Crippen molar-refractivity contribution in [2.45, 2.75) is 123 Å². The molecule has 6 saturated heterocycles. The van der Waals surface area contributed by atoms with Gasteiger partial charge in [-0.2, -0.15) is 8.42 Å². The number of aliphatic hydroxyl groups excluding tert-OH is 9. The summed E-state index contributed by atoms with van der Waals surface area (Å²) in [7, 11) is -5.03. The predicted molar refractivity (Wildman–Crippen MR) is 138 cm³/mol. The summed E-state index contributed by atoms with van der Waals surface area (Å²) in [6.07, 6.45) is -30.3. The molecule has 20 atom stereocenters. The van der Waals surface area contributed by atoms with Crippen molar-refractivity contribution in [3.8, 4) is 0 Å². The molecule has 272 valence electrons. The van der Waals surface area contributed by atoms with Crippen LogP contribution in [0.25, 0.3) is 0 Å². The molecule has 0 aliphatic carbocycles. The molecule has 10 N–H and O–H groups in total. The average molecular weight is 711 g/mol. The van der Waals surface area contributed by atoms with E-state index < -0.39 is 146 Å². The molecule has 22 nitrogen and oxygen atoms in total. The van der Waals surface area contributed by atoms with Crippen LogP contribution in [0, 0.1) is 0 Å². The number of hydrogen-bond acceptors (Lipinski definition) is 21. The summed E-state index contributed by atoms with van der Waals surface area (Å²) in [6.45, 7) is -2.01. The van der Waals surface area contributed by atoms with E-state index in [1.54, 1.807) is 0 Å². The van der Waals surface area contributed by atoms with E-state index >= 15 is 0 Å². The highest BCUT2D eigenvalue weighted by Crippen LogP contribution is 2.38. The van der Waals surface area contributed by atoms with Gasteiger partial charge >= 0.3 is 10.4 Å². The maximum absolute atomic E-state index is 11.2. The first-order valence-electron chi connectivity index (χ1n) is 14.7. The minimum absolute atomic E-state index is 0.0786. The Kier molecular flexibility index (Phi) is 10.7. The van der Waals surface area contributed by atoms with Crippen molar-refractivity contribution in [1.82, 2.24) is 0 Å². The molecular weight excluding hydrogens is 672 g/mol. The Morgan fingerprint density at radius 3 is 1.77 bits per heavy atom. The average Bonchev–Trinajstić information content (AvgIpc) is 3.47. The lowest BCUT2D eigenvalue weighted by Gasteiger charge is -2.47. The molecule has 0 aromatic carbocycles. The third-order valence-corrected chi connectivity index (χ3v) is 9.33. The summed E-state index contributed by atoms with van der Waals surface area (Å²) in [5.74, 6) is 0. The Bertz CT molecular complexity index is 1180. The highest BCUT2D eigenvalue weighted by atomic mass is 32.3. The van der Waals surface area contributed by atoms with Crippen LogP contribution in [0.15, 0.2) is 0 Å². The number of ether oxygens (including phenoxy) is 9. The molecule has 0 saturated carbocycles. The van der Waals surface area contributed by atoms with Crippen LogP contribution in [0.2, 0.25) is 0 Å². The Morgan fingerprint density at radius 2 is 1.11 bits per heavy atom. The summed E-state index contributed by atoms with van der Waals surface area (Å²) in [6, 6.07) is 0. The summed E-state index contributed by atoms with van der Waals surface area (Å²) in [5.41, 5.74) is 0. The first-order valence-corrected chi connectivity index (χ1v) is 16.0. The van der Waals surface area contributed by atoms with E-state index in [0.29, 0.717) is 0 Å². The number of aliphatic hydroxyl groups is 9. The molecule has 4 bridgehead atoms. The van der Waals surface area contributed by atoms with E-state index in [1.807, 2.05) is 0 Å². The number of hydrogen-bond donors (Lipinski definition) is 10. The van der Waals surface area contributed by atoms with Crippen LogP contribution in [-0.2, 0) is 57.2 Å². The molecule has 0 spiro atoms. The van der Waals surface area contributed by atoms with Gasteiger partial charge in [0.25, 0.3) is 0 Å². The zero-order chi connectivity index (χ0) is 33.9. The molecule has 6 fully saturated rings. The molecule has 0 radical (unpaired) electrons. The van der Waals surface area contributed by atoms with E-state index in [0.717, 1.165) is 0 Å². The van der Waals surface area contributed by atoms with Gasteiger partial charge in [-0.3, -0.25) is 4.55 Å². The van der Waals surface area contributed by atoms with Crippen molar-refractivity contribution in [3.63, 3.8) is 0 Å². The molecule has 0 aromatic rings. The molecule has 0 unspecified atom stereocenters. The maximum atomic E-state index is 11.2. The third-order valence-electron chi connectivity index (χ3n) is 8.90. The third kappa shape index (κ3) is 7.06. The van der Waals surface area contributed by atoms with Gasteiger partial charge in [0.2, 0.25) is 0 Å². The Morgan fingerprint density at radius 1 is 0.574 bits per heavy atom. The minimum Gasteiger partial charge on any atom is -0.394 e. The summed E-state index contributed by atoms with van der Waals surface area (Å²) in [5, 5.41) is 94.1. The van der Waals surface area contributed by atoms with Gasteiger partial charge in [0.15, 0.2) is 25.2 Å². The molecule has 6 aliphatic rings. The molecule has 23 heteroatoms. The minimum atomic E-state index is -5.03. The summed E-state index contributed by atoms with van der Waals surface area (Å²) in [4.78, 5) is 0. The second kappa shape index (κ2) is 14.0. The van der Waals surface area contributed by atoms with Crippen LogP contribution >= 0.6 is 0 Å². The van der Waals surface area contributed by atoms with Gasteiger partial charge in [0, 0.05) is 0 Å². The zero-order valence-corrected chi connectivity index (χ0v) is 25.0. The van der Waals surface area contributed by atoms with Crippen molar-refractivity contribution in [2.24, 2.45) is 0 Å². The van der Waals surface area contributed by atoms with Gasteiger partial charge in [0.1, 0.15) is 97.7 Å². The standard InChI is InChI=1S/C24H38O22S/c25-1-5-9(26)18(12(29)21(33)40-5)45-24-15(32)20-16(8(43-24)3-38-20)44-23-14(31)19(11(28)7(42-23)4-39-47(34,35)36)46-22-13(30)17-10(27)6(41-22)2-37-17/h5-33H,1-4H2,(H,34,35,36)/t5-,6+,7-,8+,9+,10-,11+,12-,13+,14-,15+,16-,17-,18+,19+,20+,21+,22+,23+,24+/m1/s1. The fourth-order valence-corrected chi connectivity index (χ4v) is 6.72. The first kappa shape index (κ1) is 36.0. The monoisotopic (exact) mass is 710 g/mol. The smallest absolute Gasteiger partial charge is 0.394 e. The molecule has 6 aliphatic heterocycles. The topological polar surface area (TPSA) is 329 Å². The van der Waals surface area contributed by atoms with Crippen LogP contribution in [0.3, 0.4) is 0 Å². The highest BCUT2D eigenvalue weighted by molar-refractivity contribution is 7.80. The Hall–Kier alpha value is -0.850. The largest absolute Gasteiger partial charge is 0.397 e. The lowest BCUT2D eigenvalue weighted by molar-refractivity contribution is -0.372. The first-order chi connectivity index (χ1) is 22.2. The van der Waals surface area contributed by atoms with Crippen molar-refractivity contribution in [3.05, 3.63) is 0 Å². The zero-order valence-electron chi connectivity index (χ0n) is 24.2. The van der Waals surface area contributed by atoms with E-state index in [9.17, 15) is 54.4 Å². The Balaban J connectivity index is 1.16. The van der Waals surface area contributed by atoms with Gasteiger partial charge in [-0.1, -0.05) is 0 Å². The van der Waals surface area contributed by atoms with Crippen molar-refractivity contribution >= 4 is 10.4 Å². The maximum Gasteiger partial charge on any atom is 0.397 e. The molecule has 0 aromatic heterocycles. The van der Waals surface area contributed by atoms with E-state index in [-0.39, 0.29) is 13.2 Å². The normalized spacial score (nSPS) is 53.3. The van der Waals surface area contributed by atoms with Crippen LogP contribution in [0.5, 0.6) is 0 Å². The molecular formula is C24H38O22S. The number of fused-ring (bicyclic) bond motifs is 4. The molecule has 0 amide bonds. The van der Waals surface area contributed by atoms with Crippen LogP contribution in [-0.4, -0.2) is 208 Å². The molecule has 6 heterocycles. The van der Waals surface area contributed by atoms with Gasteiger partial charge < -0.3 is 88.6 Å². The molecule has 6 rings (SSSR count). The van der Waals surface area contributed by atoms with Crippen molar-refractivity contribution in [1.29, 1.82) is 0 Å². The van der Waals surface area contributed by atoms with Gasteiger partial charge in [-0.25, -0.2) is 4.18 Å². The SMILES string of the molecule is O=S(=O)(O)OC[C@H]1O[C@@H](O[C@H]2[C@H]3OC[C@@H]2O[C@@H](O[C@@H]2[C@@H](O)[C@@H](O)O[C@H](CO)[C@@H]2O)[C@H]3O)[C@H](O)[C@@H](O[C@@H]2O[C@H]3CO[C@@H]([C@@H]2O)[C@@H]3O)[C@H]1O. The van der Waals surface area contributed by atoms with Crippen LogP contribution in [0.4, 0.5) is 0 Å². The van der Waals surface area contributed by atoms with Crippen molar-refractivity contribution in [2.75, 3.05) is 26.4 Å². The lowest BCUT2D eigenvalue weighted by Crippen LogP contribution is -2.66. The summed E-state index contributed by atoms with van der Waals surface area (Å²) < 4.78 is 85.8. The van der Waals surface area contributed by atoms with E-state index in [4.69, 9.17) is 47.2 Å². The second-order valence-electron chi connectivity index (χ2n) is 11.9. The van der Waals surface area contributed by atoms with Gasteiger partial charge in [-0.15, -0.1) is 0 Å². The van der Waals surface area contributed by atoms with Crippen LogP contribution in [0.1, 0.15) is 0 Å². The Labute approximate surface area is 265 Å². The quantitative estimate of drug-likeness (QED) is 0.0941. The summed E-state index contributed by atoms with van der Waals surface area (Å²) >= 11 is 0. The molecule has 47 heavy (non-hydrogen) atoms. The van der Waals surface area contributed by atoms with E-state index in [2.05, 4.69) is 4.18 Å². The fraction of sp³-hybridized carbons (Fsp3) is 1.00. The fourth-order valence-electron chi connectivity index (χ4n) is 6.42. The second-order valence-corrected chi connectivity index (χ2v) is 13.0. The highest BCUT2D eigenvalue weighted by Gasteiger charge is 2.58. The number of rotatable bonds is 10. The van der Waals surface area contributed by atoms with Crippen LogP contribution < -0.4 is 0 Å². The van der Waals surface area contributed by atoms with E-state index in [1.165, 1.54) is 0 Å². The van der Waals surface area contributed by atoms with Gasteiger partial charge in [0.05, 0.1) is 26.4 Å². The predicted octanol–water partition coefficient (Wildman–Crippen LogP) is -7.83. The lowest BCUT2D eigenvalue weighted by atomic mass is 9.96. The van der Waals surface area contributed by atoms with Crippen molar-refractivity contribution < 1.29 is 106 Å². The van der Waals surface area contributed by atoms with Gasteiger partial charge in [-0.05, 0) is 0 Å².